The number of benzene rings is 2. The molecule has 4 rings (SSSR count). The van der Waals surface area contributed by atoms with E-state index in [9.17, 15) is 14.0 Å². The quantitative estimate of drug-likeness (QED) is 0.692. The van der Waals surface area contributed by atoms with Gasteiger partial charge in [0.05, 0.1) is 12.7 Å². The lowest BCUT2D eigenvalue weighted by Gasteiger charge is -2.44. The number of amides is 3. The molecular weight excluding hydrogens is 409 g/mol. The first kappa shape index (κ1) is 22.1. The molecule has 0 unspecified atom stereocenters. The number of methoxy groups -OCH3 is 1. The summed E-state index contributed by atoms with van der Waals surface area (Å²) in [4.78, 5) is 27.7. The Balaban J connectivity index is 1.41. The molecule has 2 aromatic rings. The summed E-state index contributed by atoms with van der Waals surface area (Å²) in [5.74, 6) is 0.747. The molecular formula is C25H30FN3O3. The monoisotopic (exact) mass is 439 g/mol. The molecule has 0 aromatic heterocycles. The molecule has 1 aliphatic heterocycles. The van der Waals surface area contributed by atoms with Crippen LogP contribution in [0.1, 0.15) is 54.4 Å². The Hall–Kier alpha value is -3.09. The number of likely N-dealkylation sites (tertiary alicyclic amines) is 1. The van der Waals surface area contributed by atoms with Gasteiger partial charge >= 0.3 is 6.03 Å². The van der Waals surface area contributed by atoms with Crippen LogP contribution in [0.3, 0.4) is 0 Å². The molecule has 2 atom stereocenters. The number of carbonyl (C=O) groups excluding carboxylic acids is 2. The van der Waals surface area contributed by atoms with E-state index in [2.05, 4.69) is 10.6 Å². The highest BCUT2D eigenvalue weighted by Crippen LogP contribution is 2.37. The molecule has 7 heteroatoms. The summed E-state index contributed by atoms with van der Waals surface area (Å²) in [5, 5.41) is 5.50. The van der Waals surface area contributed by atoms with Crippen LogP contribution in [-0.2, 0) is 6.54 Å². The van der Waals surface area contributed by atoms with Crippen LogP contribution < -0.4 is 15.4 Å². The normalized spacial score (nSPS) is 20.2. The maximum Gasteiger partial charge on any atom is 0.319 e. The number of anilines is 1. The van der Waals surface area contributed by atoms with Gasteiger partial charge in [0.15, 0.2) is 0 Å². The fourth-order valence-corrected chi connectivity index (χ4v) is 4.94. The number of halogens is 1. The van der Waals surface area contributed by atoms with E-state index >= 15 is 0 Å². The molecule has 6 nitrogen and oxygen atoms in total. The lowest BCUT2D eigenvalue weighted by molar-refractivity contribution is 0.0388. The van der Waals surface area contributed by atoms with Crippen molar-refractivity contribution in [1.29, 1.82) is 0 Å². The molecule has 0 spiro atoms. The van der Waals surface area contributed by atoms with Crippen molar-refractivity contribution in [3.05, 3.63) is 59.4 Å². The Kier molecular flexibility index (Phi) is 6.93. The predicted molar refractivity (Wildman–Crippen MR) is 121 cm³/mol. The van der Waals surface area contributed by atoms with Gasteiger partial charge in [-0.05, 0) is 61.4 Å². The first-order valence-corrected chi connectivity index (χ1v) is 11.3. The Morgan fingerprint density at radius 1 is 1.06 bits per heavy atom. The van der Waals surface area contributed by atoms with Gasteiger partial charge < -0.3 is 20.3 Å². The van der Waals surface area contributed by atoms with E-state index in [1.165, 1.54) is 44.9 Å². The number of nitrogens with zero attached hydrogens (tertiary/aromatic N) is 1. The molecule has 2 N–H and O–H groups in total. The Labute approximate surface area is 188 Å². The maximum absolute atomic E-state index is 13.4. The predicted octanol–water partition coefficient (Wildman–Crippen LogP) is 4.95. The minimum absolute atomic E-state index is 0.00533. The van der Waals surface area contributed by atoms with E-state index in [1.807, 2.05) is 4.90 Å². The second-order valence-corrected chi connectivity index (χ2v) is 8.60. The van der Waals surface area contributed by atoms with E-state index in [0.717, 1.165) is 24.9 Å². The molecule has 170 valence electrons. The first-order chi connectivity index (χ1) is 15.5. The van der Waals surface area contributed by atoms with Gasteiger partial charge in [0.25, 0.3) is 5.91 Å². The highest BCUT2D eigenvalue weighted by molar-refractivity contribution is 5.98. The van der Waals surface area contributed by atoms with Crippen LogP contribution in [0.4, 0.5) is 14.9 Å². The molecule has 2 fully saturated rings. The summed E-state index contributed by atoms with van der Waals surface area (Å²) in [5.41, 5.74) is 1.85. The average Bonchev–Trinajstić information content (AvgIpc) is 2.83. The van der Waals surface area contributed by atoms with Crippen molar-refractivity contribution in [2.24, 2.45) is 5.92 Å². The number of piperidine rings is 1. The smallest absolute Gasteiger partial charge is 0.319 e. The number of hydrogen-bond donors (Lipinski definition) is 2. The lowest BCUT2D eigenvalue weighted by Crippen LogP contribution is -2.49. The van der Waals surface area contributed by atoms with Crippen molar-refractivity contribution in [2.75, 3.05) is 19.0 Å². The van der Waals surface area contributed by atoms with E-state index in [0.29, 0.717) is 29.0 Å². The number of urea groups is 1. The van der Waals surface area contributed by atoms with Gasteiger partial charge in [0.1, 0.15) is 11.6 Å². The number of nitrogens with one attached hydrogen (secondary N) is 2. The molecule has 1 aliphatic carbocycles. The summed E-state index contributed by atoms with van der Waals surface area (Å²) < 4.78 is 18.5. The fourth-order valence-electron chi connectivity index (χ4n) is 4.94. The van der Waals surface area contributed by atoms with Crippen LogP contribution in [0.2, 0.25) is 0 Å². The largest absolute Gasteiger partial charge is 0.496 e. The maximum atomic E-state index is 13.4. The summed E-state index contributed by atoms with van der Waals surface area (Å²) in [6, 6.07) is 11.0. The van der Waals surface area contributed by atoms with Crippen LogP contribution in [0.25, 0.3) is 0 Å². The molecule has 0 radical (unpaired) electrons. The summed E-state index contributed by atoms with van der Waals surface area (Å²) in [6.07, 6.45) is 6.98. The zero-order valence-corrected chi connectivity index (χ0v) is 18.4. The third-order valence-corrected chi connectivity index (χ3v) is 6.56. The van der Waals surface area contributed by atoms with E-state index in [4.69, 9.17) is 4.74 Å². The third kappa shape index (κ3) is 5.03. The second kappa shape index (κ2) is 10.0. The van der Waals surface area contributed by atoms with E-state index < -0.39 is 6.03 Å². The SMILES string of the molecule is COc1cc(NC(=O)NCc2ccc(F)cc2)ccc1C(=O)N1CCC[C@H]2CCCC[C@H]21. The van der Waals surface area contributed by atoms with Gasteiger partial charge in [-0.1, -0.05) is 25.0 Å². The summed E-state index contributed by atoms with van der Waals surface area (Å²) >= 11 is 0. The minimum Gasteiger partial charge on any atom is -0.496 e. The lowest BCUT2D eigenvalue weighted by atomic mass is 9.78. The molecule has 0 bridgehead atoms. The molecule has 1 saturated carbocycles. The van der Waals surface area contributed by atoms with Crippen molar-refractivity contribution in [1.82, 2.24) is 10.2 Å². The molecule has 32 heavy (non-hydrogen) atoms. The highest BCUT2D eigenvalue weighted by Gasteiger charge is 2.36. The number of rotatable bonds is 5. The van der Waals surface area contributed by atoms with Crippen molar-refractivity contribution >= 4 is 17.6 Å². The number of hydrogen-bond acceptors (Lipinski definition) is 3. The van der Waals surface area contributed by atoms with E-state index in [-0.39, 0.29) is 18.3 Å². The van der Waals surface area contributed by atoms with Crippen molar-refractivity contribution in [3.8, 4) is 5.75 Å². The third-order valence-electron chi connectivity index (χ3n) is 6.56. The van der Waals surface area contributed by atoms with Crippen LogP contribution >= 0.6 is 0 Å². The van der Waals surface area contributed by atoms with Gasteiger partial charge in [-0.3, -0.25) is 4.79 Å². The molecule has 2 aliphatic rings. The summed E-state index contributed by atoms with van der Waals surface area (Å²) in [7, 11) is 1.53. The number of carbonyl (C=O) groups is 2. The second-order valence-electron chi connectivity index (χ2n) is 8.60. The molecule has 1 saturated heterocycles. The van der Waals surface area contributed by atoms with Gasteiger partial charge in [-0.15, -0.1) is 0 Å². The van der Waals surface area contributed by atoms with Gasteiger partial charge in [-0.2, -0.15) is 0 Å². The van der Waals surface area contributed by atoms with E-state index in [1.54, 1.807) is 30.3 Å². The minimum atomic E-state index is -0.392. The summed E-state index contributed by atoms with van der Waals surface area (Å²) in [6.45, 7) is 1.06. The number of fused-ring (bicyclic) bond motifs is 1. The number of ether oxygens (including phenoxy) is 1. The molecule has 3 amide bonds. The van der Waals surface area contributed by atoms with Crippen LogP contribution in [0.15, 0.2) is 42.5 Å². The topological polar surface area (TPSA) is 70.7 Å². The van der Waals surface area contributed by atoms with Crippen LogP contribution in [-0.4, -0.2) is 36.5 Å². The Bertz CT molecular complexity index is 961. The van der Waals surface area contributed by atoms with Gasteiger partial charge in [-0.25, -0.2) is 9.18 Å². The van der Waals surface area contributed by atoms with Crippen molar-refractivity contribution in [3.63, 3.8) is 0 Å². The van der Waals surface area contributed by atoms with Crippen molar-refractivity contribution in [2.45, 2.75) is 51.1 Å². The average molecular weight is 440 g/mol. The molecule has 2 aromatic carbocycles. The molecule has 1 heterocycles. The Morgan fingerprint density at radius 2 is 1.81 bits per heavy atom. The fraction of sp³-hybridized carbons (Fsp3) is 0.440. The van der Waals surface area contributed by atoms with Crippen molar-refractivity contribution < 1.29 is 18.7 Å². The van der Waals surface area contributed by atoms with Crippen LogP contribution in [0.5, 0.6) is 5.75 Å². The Morgan fingerprint density at radius 3 is 2.59 bits per heavy atom. The highest BCUT2D eigenvalue weighted by atomic mass is 19.1. The van der Waals surface area contributed by atoms with Gasteiger partial charge in [0, 0.05) is 30.9 Å². The zero-order chi connectivity index (χ0) is 22.5. The standard InChI is InChI=1S/C25H30FN3O3/c1-32-23-15-20(28-25(31)27-16-17-8-10-19(26)11-9-17)12-13-21(23)24(30)29-14-4-6-18-5-2-3-7-22(18)29/h8-13,15,18,22H,2-7,14,16H2,1H3,(H2,27,28,31)/t18-,22-/m1/s1. The van der Waals surface area contributed by atoms with Crippen LogP contribution in [0, 0.1) is 11.7 Å². The van der Waals surface area contributed by atoms with Gasteiger partial charge in [0.2, 0.25) is 0 Å². The first-order valence-electron chi connectivity index (χ1n) is 11.3. The zero-order valence-electron chi connectivity index (χ0n) is 18.4.